The summed E-state index contributed by atoms with van der Waals surface area (Å²) in [4.78, 5) is 32.7. The SMILES string of the molecule is Cc1nsc(NC(=O)CN(C)c2ncccn2)c1C(=O)O. The summed E-state index contributed by atoms with van der Waals surface area (Å²) in [7, 11) is 1.67. The first-order valence-electron chi connectivity index (χ1n) is 5.96. The number of rotatable bonds is 5. The average Bonchev–Trinajstić information content (AvgIpc) is 2.80. The molecule has 2 N–H and O–H groups in total. The summed E-state index contributed by atoms with van der Waals surface area (Å²) in [5.74, 6) is -1.07. The molecule has 110 valence electrons. The lowest BCUT2D eigenvalue weighted by atomic mass is 10.2. The highest BCUT2D eigenvalue weighted by Gasteiger charge is 2.20. The van der Waals surface area contributed by atoms with Crippen LogP contribution in [0.1, 0.15) is 16.1 Å². The third-order valence-electron chi connectivity index (χ3n) is 2.60. The van der Waals surface area contributed by atoms with Gasteiger partial charge in [-0.3, -0.25) is 4.79 Å². The summed E-state index contributed by atoms with van der Waals surface area (Å²) in [6.45, 7) is 1.58. The number of hydrogen-bond acceptors (Lipinski definition) is 7. The summed E-state index contributed by atoms with van der Waals surface area (Å²) in [6, 6.07) is 1.68. The Hall–Kier alpha value is -2.55. The molecule has 0 bridgehead atoms. The van der Waals surface area contributed by atoms with Crippen LogP contribution in [0.15, 0.2) is 18.5 Å². The molecule has 0 atom stereocenters. The number of aromatic carboxylic acids is 1. The van der Waals surface area contributed by atoms with Crippen LogP contribution in [0.4, 0.5) is 10.9 Å². The normalized spacial score (nSPS) is 10.2. The first kappa shape index (κ1) is 14.9. The van der Waals surface area contributed by atoms with E-state index in [1.54, 1.807) is 37.3 Å². The molecular formula is C12H13N5O3S. The van der Waals surface area contributed by atoms with Crippen molar-refractivity contribution in [2.45, 2.75) is 6.92 Å². The topological polar surface area (TPSA) is 108 Å². The molecule has 2 aromatic heterocycles. The van der Waals surface area contributed by atoms with Crippen LogP contribution in [-0.4, -0.2) is 44.9 Å². The van der Waals surface area contributed by atoms with E-state index in [0.717, 1.165) is 11.5 Å². The summed E-state index contributed by atoms with van der Waals surface area (Å²) in [6.07, 6.45) is 3.15. The fourth-order valence-electron chi connectivity index (χ4n) is 1.65. The zero-order chi connectivity index (χ0) is 15.4. The van der Waals surface area contributed by atoms with Crippen LogP contribution in [0.3, 0.4) is 0 Å². The molecule has 21 heavy (non-hydrogen) atoms. The molecule has 0 unspecified atom stereocenters. The van der Waals surface area contributed by atoms with Gasteiger partial charge in [0.1, 0.15) is 10.6 Å². The van der Waals surface area contributed by atoms with Gasteiger partial charge >= 0.3 is 5.97 Å². The second-order valence-electron chi connectivity index (χ2n) is 4.23. The van der Waals surface area contributed by atoms with Crippen molar-refractivity contribution in [3.63, 3.8) is 0 Å². The van der Waals surface area contributed by atoms with Gasteiger partial charge in [-0.1, -0.05) is 0 Å². The van der Waals surface area contributed by atoms with Crippen molar-refractivity contribution in [2.75, 3.05) is 23.8 Å². The molecule has 0 aromatic carbocycles. The lowest BCUT2D eigenvalue weighted by Gasteiger charge is -2.15. The van der Waals surface area contributed by atoms with Gasteiger partial charge in [0.2, 0.25) is 11.9 Å². The van der Waals surface area contributed by atoms with Crippen molar-refractivity contribution in [3.05, 3.63) is 29.7 Å². The molecule has 0 fully saturated rings. The molecule has 8 nitrogen and oxygen atoms in total. The van der Waals surface area contributed by atoms with E-state index in [1.807, 2.05) is 0 Å². The van der Waals surface area contributed by atoms with Crippen molar-refractivity contribution in [2.24, 2.45) is 0 Å². The Morgan fingerprint density at radius 3 is 2.67 bits per heavy atom. The number of carbonyl (C=O) groups excluding carboxylic acids is 1. The number of nitrogens with zero attached hydrogens (tertiary/aromatic N) is 4. The van der Waals surface area contributed by atoms with Gasteiger partial charge in [0, 0.05) is 19.4 Å². The molecule has 2 rings (SSSR count). The number of carboxylic acid groups (broad SMARTS) is 1. The van der Waals surface area contributed by atoms with E-state index in [2.05, 4.69) is 19.7 Å². The number of aromatic nitrogens is 3. The highest BCUT2D eigenvalue weighted by molar-refractivity contribution is 7.11. The predicted octanol–water partition coefficient (Wildman–Crippen LogP) is 1.01. The Morgan fingerprint density at radius 2 is 2.05 bits per heavy atom. The van der Waals surface area contributed by atoms with Crippen LogP contribution in [0.5, 0.6) is 0 Å². The molecule has 0 aliphatic rings. The van der Waals surface area contributed by atoms with E-state index in [4.69, 9.17) is 5.11 Å². The minimum absolute atomic E-state index is 0.0000198. The van der Waals surface area contributed by atoms with Crippen molar-refractivity contribution < 1.29 is 14.7 Å². The third kappa shape index (κ3) is 3.51. The predicted molar refractivity (Wildman–Crippen MR) is 77.7 cm³/mol. The lowest BCUT2D eigenvalue weighted by Crippen LogP contribution is -2.31. The van der Waals surface area contributed by atoms with Gasteiger partial charge in [0.25, 0.3) is 0 Å². The van der Waals surface area contributed by atoms with Gasteiger partial charge in [-0.25, -0.2) is 14.8 Å². The number of aryl methyl sites for hydroxylation is 1. The minimum atomic E-state index is -1.11. The van der Waals surface area contributed by atoms with Gasteiger partial charge in [0.15, 0.2) is 0 Å². The molecule has 0 saturated carbocycles. The van der Waals surface area contributed by atoms with E-state index in [-0.39, 0.29) is 23.0 Å². The molecule has 9 heteroatoms. The van der Waals surface area contributed by atoms with Crippen LogP contribution in [0, 0.1) is 6.92 Å². The summed E-state index contributed by atoms with van der Waals surface area (Å²) in [5, 5.41) is 11.9. The molecule has 2 heterocycles. The fraction of sp³-hybridized carbons (Fsp3) is 0.250. The average molecular weight is 307 g/mol. The zero-order valence-corrected chi connectivity index (χ0v) is 12.2. The lowest BCUT2D eigenvalue weighted by molar-refractivity contribution is -0.114. The van der Waals surface area contributed by atoms with Gasteiger partial charge in [-0.2, -0.15) is 4.37 Å². The van der Waals surface area contributed by atoms with Crippen molar-refractivity contribution >= 4 is 34.4 Å². The number of likely N-dealkylation sites (N-methyl/N-ethyl adjacent to an activating group) is 1. The first-order chi connectivity index (χ1) is 9.99. The van der Waals surface area contributed by atoms with E-state index in [9.17, 15) is 9.59 Å². The number of carbonyl (C=O) groups is 2. The van der Waals surface area contributed by atoms with E-state index >= 15 is 0 Å². The van der Waals surface area contributed by atoms with Crippen molar-refractivity contribution in [1.29, 1.82) is 0 Å². The second kappa shape index (κ2) is 6.27. The second-order valence-corrected chi connectivity index (χ2v) is 5.00. The maximum absolute atomic E-state index is 12.0. The Morgan fingerprint density at radius 1 is 1.38 bits per heavy atom. The Kier molecular flexibility index (Phi) is 4.43. The van der Waals surface area contributed by atoms with E-state index in [1.165, 1.54) is 0 Å². The Balaban J connectivity index is 2.04. The molecular weight excluding hydrogens is 294 g/mol. The summed E-state index contributed by atoms with van der Waals surface area (Å²) >= 11 is 0.943. The standard InChI is InChI=1S/C12H13N5O3S/c1-7-9(11(19)20)10(21-16-7)15-8(18)6-17(2)12-13-4-3-5-14-12/h3-5H,6H2,1-2H3,(H,15,18)(H,19,20). The summed E-state index contributed by atoms with van der Waals surface area (Å²) < 4.78 is 3.94. The van der Waals surface area contributed by atoms with Crippen LogP contribution < -0.4 is 10.2 Å². The maximum atomic E-state index is 12.0. The minimum Gasteiger partial charge on any atom is -0.478 e. The van der Waals surface area contributed by atoms with Crippen molar-refractivity contribution in [1.82, 2.24) is 14.3 Å². The van der Waals surface area contributed by atoms with Crippen LogP contribution in [-0.2, 0) is 4.79 Å². The number of carboxylic acids is 1. The Bertz CT molecular complexity index is 658. The number of nitrogens with one attached hydrogen (secondary N) is 1. The molecule has 0 saturated heterocycles. The van der Waals surface area contributed by atoms with Crippen LogP contribution in [0.2, 0.25) is 0 Å². The molecule has 1 amide bonds. The highest BCUT2D eigenvalue weighted by Crippen LogP contribution is 2.24. The van der Waals surface area contributed by atoms with Gasteiger partial charge in [0.05, 0.1) is 12.2 Å². The molecule has 2 aromatic rings. The molecule has 0 aliphatic carbocycles. The van der Waals surface area contributed by atoms with Crippen molar-refractivity contribution in [3.8, 4) is 0 Å². The van der Waals surface area contributed by atoms with E-state index < -0.39 is 5.97 Å². The zero-order valence-electron chi connectivity index (χ0n) is 11.4. The van der Waals surface area contributed by atoms with Gasteiger partial charge in [-0.15, -0.1) is 0 Å². The van der Waals surface area contributed by atoms with Gasteiger partial charge < -0.3 is 15.3 Å². The third-order valence-corrected chi connectivity index (χ3v) is 3.46. The molecule has 0 radical (unpaired) electrons. The number of hydrogen-bond donors (Lipinski definition) is 2. The number of anilines is 2. The largest absolute Gasteiger partial charge is 0.478 e. The smallest absolute Gasteiger partial charge is 0.340 e. The summed E-state index contributed by atoms with van der Waals surface area (Å²) in [5.41, 5.74) is 0.398. The Labute approximate surface area is 124 Å². The van der Waals surface area contributed by atoms with Gasteiger partial charge in [-0.05, 0) is 24.5 Å². The van der Waals surface area contributed by atoms with Crippen LogP contribution in [0.25, 0.3) is 0 Å². The molecule has 0 spiro atoms. The first-order valence-corrected chi connectivity index (χ1v) is 6.74. The molecule has 0 aliphatic heterocycles. The highest BCUT2D eigenvalue weighted by atomic mass is 32.1. The van der Waals surface area contributed by atoms with E-state index in [0.29, 0.717) is 11.6 Å². The number of amides is 1. The quantitative estimate of drug-likeness (QED) is 0.848. The monoisotopic (exact) mass is 307 g/mol. The fourth-order valence-corrected chi connectivity index (χ4v) is 2.45. The van der Waals surface area contributed by atoms with Crippen LogP contribution >= 0.6 is 11.5 Å². The maximum Gasteiger partial charge on any atom is 0.340 e.